The molecule has 2 aromatic heterocycles. The zero-order chi connectivity index (χ0) is 12.5. The van der Waals surface area contributed by atoms with Gasteiger partial charge in [0.2, 0.25) is 5.91 Å². The van der Waals surface area contributed by atoms with Crippen molar-refractivity contribution >= 4 is 22.2 Å². The fraction of sp³-hybridized carbons (Fsp3) is 0.500. The van der Waals surface area contributed by atoms with Crippen LogP contribution >= 0.6 is 11.3 Å². The molecular weight excluding hydrogens is 250 g/mol. The number of aliphatic hydroxyl groups is 1. The highest BCUT2D eigenvalue weighted by atomic mass is 32.1. The van der Waals surface area contributed by atoms with Crippen LogP contribution in [0.15, 0.2) is 17.8 Å². The van der Waals surface area contributed by atoms with Gasteiger partial charge in [-0.15, -0.1) is 11.3 Å². The van der Waals surface area contributed by atoms with E-state index >= 15 is 0 Å². The molecule has 3 heterocycles. The third-order valence-electron chi connectivity index (χ3n) is 3.38. The normalized spacial score (nSPS) is 19.8. The van der Waals surface area contributed by atoms with Gasteiger partial charge < -0.3 is 10.0 Å². The second-order valence-electron chi connectivity index (χ2n) is 4.57. The summed E-state index contributed by atoms with van der Waals surface area (Å²) in [6.07, 6.45) is 6.04. The molecule has 18 heavy (non-hydrogen) atoms. The Labute approximate surface area is 109 Å². The molecule has 1 saturated heterocycles. The maximum Gasteiger partial charge on any atom is 0.228 e. The highest BCUT2D eigenvalue weighted by molar-refractivity contribution is 7.15. The summed E-state index contributed by atoms with van der Waals surface area (Å²) in [7, 11) is 0. The Bertz CT molecular complexity index is 534. The van der Waals surface area contributed by atoms with Crippen LogP contribution < -0.4 is 0 Å². The Morgan fingerprint density at radius 3 is 3.28 bits per heavy atom. The van der Waals surface area contributed by atoms with E-state index < -0.39 is 0 Å². The molecule has 1 aliphatic rings. The third-order valence-corrected chi connectivity index (χ3v) is 4.15. The first-order valence-electron chi connectivity index (χ1n) is 6.09. The monoisotopic (exact) mass is 265 g/mol. The molecular formula is C12H15N3O2S. The van der Waals surface area contributed by atoms with E-state index in [0.717, 1.165) is 30.0 Å². The van der Waals surface area contributed by atoms with Gasteiger partial charge in [-0.25, -0.2) is 4.98 Å². The molecule has 96 valence electrons. The molecule has 1 atom stereocenters. The maximum absolute atomic E-state index is 12.2. The van der Waals surface area contributed by atoms with Gasteiger partial charge in [0.15, 0.2) is 4.96 Å². The first kappa shape index (κ1) is 11.7. The van der Waals surface area contributed by atoms with E-state index in [9.17, 15) is 9.90 Å². The fourth-order valence-corrected chi connectivity index (χ4v) is 3.19. The van der Waals surface area contributed by atoms with Crippen LogP contribution in [0, 0.1) is 0 Å². The quantitative estimate of drug-likeness (QED) is 0.898. The van der Waals surface area contributed by atoms with E-state index in [1.165, 1.54) is 0 Å². The highest BCUT2D eigenvalue weighted by Gasteiger charge is 2.28. The third kappa shape index (κ3) is 2.02. The molecule has 0 spiro atoms. The molecule has 0 bridgehead atoms. The Kier molecular flexibility index (Phi) is 3.05. The SMILES string of the molecule is O=C(Cc1cn2ccsc2n1)N1CCC[C@@H]1CO. The van der Waals surface area contributed by atoms with Crippen LogP contribution in [-0.2, 0) is 11.2 Å². The van der Waals surface area contributed by atoms with Gasteiger partial charge in [-0.3, -0.25) is 9.20 Å². The van der Waals surface area contributed by atoms with Crippen molar-refractivity contribution in [3.63, 3.8) is 0 Å². The molecule has 0 radical (unpaired) electrons. The molecule has 1 fully saturated rings. The van der Waals surface area contributed by atoms with Crippen LogP contribution in [0.25, 0.3) is 4.96 Å². The lowest BCUT2D eigenvalue weighted by atomic mass is 10.2. The number of aromatic nitrogens is 2. The fourth-order valence-electron chi connectivity index (χ4n) is 2.47. The van der Waals surface area contributed by atoms with Crippen molar-refractivity contribution in [3.05, 3.63) is 23.5 Å². The first-order chi connectivity index (χ1) is 8.78. The van der Waals surface area contributed by atoms with Crippen LogP contribution in [-0.4, -0.2) is 44.5 Å². The minimum Gasteiger partial charge on any atom is -0.394 e. The standard InChI is InChI=1S/C12H15N3O2S/c16-8-10-2-1-3-15(10)11(17)6-9-7-14-4-5-18-12(14)13-9/h4-5,7,10,16H,1-3,6,8H2/t10-/m1/s1. The molecule has 1 aliphatic heterocycles. The zero-order valence-corrected chi connectivity index (χ0v) is 10.8. The predicted octanol–water partition coefficient (Wildman–Crippen LogP) is 0.922. The van der Waals surface area contributed by atoms with Gasteiger partial charge in [0.1, 0.15) is 0 Å². The van der Waals surface area contributed by atoms with Gasteiger partial charge in [0, 0.05) is 24.3 Å². The lowest BCUT2D eigenvalue weighted by molar-refractivity contribution is -0.132. The van der Waals surface area contributed by atoms with Crippen molar-refractivity contribution in [2.45, 2.75) is 25.3 Å². The smallest absolute Gasteiger partial charge is 0.228 e. The van der Waals surface area contributed by atoms with Crippen LogP contribution in [0.3, 0.4) is 0 Å². The number of imidazole rings is 1. The van der Waals surface area contributed by atoms with Crippen LogP contribution in [0.5, 0.6) is 0 Å². The summed E-state index contributed by atoms with van der Waals surface area (Å²) >= 11 is 1.56. The van der Waals surface area contributed by atoms with Crippen LogP contribution in [0.4, 0.5) is 0 Å². The molecule has 1 N–H and O–H groups in total. The highest BCUT2D eigenvalue weighted by Crippen LogP contribution is 2.18. The van der Waals surface area contributed by atoms with Gasteiger partial charge >= 0.3 is 0 Å². The lowest BCUT2D eigenvalue weighted by Gasteiger charge is -2.22. The number of thiazole rings is 1. The summed E-state index contributed by atoms with van der Waals surface area (Å²) < 4.78 is 1.93. The average Bonchev–Trinajstić information content (AvgIpc) is 3.02. The second-order valence-corrected chi connectivity index (χ2v) is 5.44. The summed E-state index contributed by atoms with van der Waals surface area (Å²) in [5.41, 5.74) is 0.801. The Morgan fingerprint density at radius 1 is 1.61 bits per heavy atom. The molecule has 5 nitrogen and oxygen atoms in total. The number of amides is 1. The predicted molar refractivity (Wildman–Crippen MR) is 68.6 cm³/mol. The minimum atomic E-state index is 0.00114. The topological polar surface area (TPSA) is 57.8 Å². The number of rotatable bonds is 3. The molecule has 0 unspecified atom stereocenters. The van der Waals surface area contributed by atoms with Gasteiger partial charge in [-0.05, 0) is 12.8 Å². The van der Waals surface area contributed by atoms with E-state index in [4.69, 9.17) is 0 Å². The van der Waals surface area contributed by atoms with Gasteiger partial charge in [0.25, 0.3) is 0 Å². The lowest BCUT2D eigenvalue weighted by Crippen LogP contribution is -2.38. The number of fused-ring (bicyclic) bond motifs is 1. The molecule has 3 rings (SSSR count). The first-order valence-corrected chi connectivity index (χ1v) is 6.97. The van der Waals surface area contributed by atoms with Crippen LogP contribution in [0.1, 0.15) is 18.5 Å². The van der Waals surface area contributed by atoms with Crippen molar-refractivity contribution in [1.29, 1.82) is 0 Å². The van der Waals surface area contributed by atoms with Gasteiger partial charge in [-0.2, -0.15) is 0 Å². The Morgan fingerprint density at radius 2 is 2.50 bits per heavy atom. The average molecular weight is 265 g/mol. The summed E-state index contributed by atoms with van der Waals surface area (Å²) in [5, 5.41) is 11.2. The summed E-state index contributed by atoms with van der Waals surface area (Å²) in [5.74, 6) is 0.0669. The summed E-state index contributed by atoms with van der Waals surface area (Å²) in [6.45, 7) is 0.816. The van der Waals surface area contributed by atoms with Crippen molar-refractivity contribution in [3.8, 4) is 0 Å². The zero-order valence-electron chi connectivity index (χ0n) is 9.95. The van der Waals surface area contributed by atoms with Crippen molar-refractivity contribution in [2.24, 2.45) is 0 Å². The number of carbonyl (C=O) groups excluding carboxylic acids is 1. The molecule has 0 aromatic carbocycles. The van der Waals surface area contributed by atoms with E-state index in [1.54, 1.807) is 16.2 Å². The van der Waals surface area contributed by atoms with Crippen LogP contribution in [0.2, 0.25) is 0 Å². The van der Waals surface area contributed by atoms with Crippen molar-refractivity contribution in [2.75, 3.05) is 13.2 Å². The molecule has 0 saturated carbocycles. The Balaban J connectivity index is 1.72. The molecule has 6 heteroatoms. The van der Waals surface area contributed by atoms with E-state index in [2.05, 4.69) is 4.98 Å². The minimum absolute atomic E-state index is 0.00114. The van der Waals surface area contributed by atoms with E-state index in [0.29, 0.717) is 6.42 Å². The van der Waals surface area contributed by atoms with E-state index in [1.807, 2.05) is 22.2 Å². The Hall–Kier alpha value is -1.40. The molecule has 0 aliphatic carbocycles. The second kappa shape index (κ2) is 4.70. The number of likely N-dealkylation sites (tertiary alicyclic amines) is 1. The largest absolute Gasteiger partial charge is 0.394 e. The molecule has 1 amide bonds. The number of hydrogen-bond donors (Lipinski definition) is 1. The number of aliphatic hydroxyl groups excluding tert-OH is 1. The molecule has 2 aromatic rings. The van der Waals surface area contributed by atoms with Crippen molar-refractivity contribution in [1.82, 2.24) is 14.3 Å². The summed E-state index contributed by atoms with van der Waals surface area (Å²) in [6, 6.07) is 0.00114. The maximum atomic E-state index is 12.2. The van der Waals surface area contributed by atoms with Gasteiger partial charge in [0.05, 0.1) is 24.8 Å². The number of carbonyl (C=O) groups is 1. The van der Waals surface area contributed by atoms with Gasteiger partial charge in [-0.1, -0.05) is 0 Å². The summed E-state index contributed by atoms with van der Waals surface area (Å²) in [4.78, 5) is 19.3. The number of hydrogen-bond acceptors (Lipinski definition) is 4. The van der Waals surface area contributed by atoms with Crippen molar-refractivity contribution < 1.29 is 9.90 Å². The van der Waals surface area contributed by atoms with E-state index in [-0.39, 0.29) is 18.6 Å². The number of nitrogens with zero attached hydrogens (tertiary/aromatic N) is 3.